The van der Waals surface area contributed by atoms with Crippen LogP contribution in [0.5, 0.6) is 11.5 Å². The van der Waals surface area contributed by atoms with Gasteiger partial charge in [0.2, 0.25) is 0 Å². The number of carbonyl (C=O) groups is 1. The fraction of sp³-hybridized carbons (Fsp3) is 0.552. The zero-order chi connectivity index (χ0) is 24.6. The zero-order valence-electron chi connectivity index (χ0n) is 21.2. The molecule has 5 heteroatoms. The number of benzene rings is 2. The summed E-state index contributed by atoms with van der Waals surface area (Å²) >= 11 is 0. The number of hydrogen-bond acceptors (Lipinski definition) is 4. The van der Waals surface area contributed by atoms with Gasteiger partial charge in [-0.15, -0.1) is 0 Å². The van der Waals surface area contributed by atoms with Crippen molar-refractivity contribution in [2.24, 2.45) is 11.8 Å². The van der Waals surface area contributed by atoms with Gasteiger partial charge in [0, 0.05) is 11.5 Å². The van der Waals surface area contributed by atoms with Gasteiger partial charge in [0.15, 0.2) is 0 Å². The minimum absolute atomic E-state index is 0.0603. The van der Waals surface area contributed by atoms with Gasteiger partial charge < -0.3 is 19.3 Å². The Balaban J connectivity index is 1.61. The number of carboxylic acid groups (broad SMARTS) is 1. The van der Waals surface area contributed by atoms with Crippen LogP contribution in [0.15, 0.2) is 42.5 Å². The molecule has 0 aliphatic carbocycles. The molecule has 5 atom stereocenters. The maximum atomic E-state index is 12.2. The Labute approximate surface area is 203 Å². The van der Waals surface area contributed by atoms with Gasteiger partial charge in [-0.2, -0.15) is 0 Å². The second-order valence-corrected chi connectivity index (χ2v) is 10.7. The van der Waals surface area contributed by atoms with Crippen LogP contribution in [0.4, 0.5) is 0 Å². The van der Waals surface area contributed by atoms with Crippen molar-refractivity contribution in [1.29, 1.82) is 0 Å². The van der Waals surface area contributed by atoms with E-state index in [9.17, 15) is 9.90 Å². The number of aliphatic carboxylic acids is 1. The van der Waals surface area contributed by atoms with E-state index in [-0.39, 0.29) is 18.6 Å². The minimum atomic E-state index is -0.850. The molecule has 2 aromatic carbocycles. The fourth-order valence-corrected chi connectivity index (χ4v) is 5.27. The summed E-state index contributed by atoms with van der Waals surface area (Å²) in [4.78, 5) is 12.2. The maximum absolute atomic E-state index is 12.2. The average Bonchev–Trinajstić information content (AvgIpc) is 2.81. The molecule has 0 unspecified atom stereocenters. The van der Waals surface area contributed by atoms with Crippen molar-refractivity contribution in [2.45, 2.75) is 84.0 Å². The predicted molar refractivity (Wildman–Crippen MR) is 133 cm³/mol. The Morgan fingerprint density at radius 3 is 2.47 bits per heavy atom. The van der Waals surface area contributed by atoms with Gasteiger partial charge in [-0.05, 0) is 61.8 Å². The SMILES string of the molecule is CC[C@H](C)c1cccc2c1OC(C)(C)[C@H]1C[C@@H](C(=O)O)[C@H](COc3ccc(C(C)C)cc3)O[C@H]21. The van der Waals surface area contributed by atoms with E-state index in [4.69, 9.17) is 14.2 Å². The van der Waals surface area contributed by atoms with Crippen LogP contribution in [0.25, 0.3) is 0 Å². The van der Waals surface area contributed by atoms with Gasteiger partial charge in [-0.3, -0.25) is 4.79 Å². The van der Waals surface area contributed by atoms with Crippen LogP contribution in [0, 0.1) is 11.8 Å². The van der Waals surface area contributed by atoms with Crippen molar-refractivity contribution in [1.82, 2.24) is 0 Å². The van der Waals surface area contributed by atoms with Crippen molar-refractivity contribution in [3.63, 3.8) is 0 Å². The molecule has 1 saturated heterocycles. The number of fused-ring (bicyclic) bond motifs is 3. The molecule has 2 aliphatic heterocycles. The van der Waals surface area contributed by atoms with Crippen LogP contribution >= 0.6 is 0 Å². The van der Waals surface area contributed by atoms with Crippen molar-refractivity contribution in [3.05, 3.63) is 59.2 Å². The number of para-hydroxylation sites is 1. The highest BCUT2D eigenvalue weighted by atomic mass is 16.6. The highest BCUT2D eigenvalue weighted by Gasteiger charge is 2.52. The summed E-state index contributed by atoms with van der Waals surface area (Å²) < 4.78 is 19.2. The molecule has 5 nitrogen and oxygen atoms in total. The molecule has 2 heterocycles. The van der Waals surface area contributed by atoms with Gasteiger partial charge in [0.05, 0.1) is 12.0 Å². The second-order valence-electron chi connectivity index (χ2n) is 10.7. The van der Waals surface area contributed by atoms with E-state index >= 15 is 0 Å². The van der Waals surface area contributed by atoms with E-state index in [1.54, 1.807) is 0 Å². The molecule has 184 valence electrons. The third-order valence-corrected chi connectivity index (χ3v) is 7.71. The van der Waals surface area contributed by atoms with Crippen molar-refractivity contribution < 1.29 is 24.1 Å². The fourth-order valence-electron chi connectivity index (χ4n) is 5.27. The van der Waals surface area contributed by atoms with Crippen LogP contribution in [-0.2, 0) is 9.53 Å². The largest absolute Gasteiger partial charge is 0.491 e. The maximum Gasteiger partial charge on any atom is 0.309 e. The van der Waals surface area contributed by atoms with Gasteiger partial charge in [-0.25, -0.2) is 0 Å². The van der Waals surface area contributed by atoms with Crippen molar-refractivity contribution in [3.8, 4) is 11.5 Å². The molecule has 34 heavy (non-hydrogen) atoms. The lowest BCUT2D eigenvalue weighted by molar-refractivity contribution is -0.192. The van der Waals surface area contributed by atoms with Gasteiger partial charge in [0.25, 0.3) is 0 Å². The summed E-state index contributed by atoms with van der Waals surface area (Å²) in [6.07, 6.45) is 0.732. The Morgan fingerprint density at radius 2 is 1.85 bits per heavy atom. The Morgan fingerprint density at radius 1 is 1.15 bits per heavy atom. The van der Waals surface area contributed by atoms with Crippen LogP contribution < -0.4 is 9.47 Å². The Bertz CT molecular complexity index is 1010. The smallest absolute Gasteiger partial charge is 0.309 e. The first-order valence-corrected chi connectivity index (χ1v) is 12.5. The lowest BCUT2D eigenvalue weighted by atomic mass is 9.71. The van der Waals surface area contributed by atoms with E-state index < -0.39 is 23.6 Å². The average molecular weight is 467 g/mol. The Kier molecular flexibility index (Phi) is 6.95. The highest BCUT2D eigenvalue weighted by molar-refractivity contribution is 5.71. The minimum Gasteiger partial charge on any atom is -0.491 e. The molecule has 1 fully saturated rings. The molecule has 4 rings (SSSR count). The van der Waals surface area contributed by atoms with Crippen LogP contribution in [0.2, 0.25) is 0 Å². The first-order valence-electron chi connectivity index (χ1n) is 12.5. The van der Waals surface area contributed by atoms with Gasteiger partial charge >= 0.3 is 5.97 Å². The molecule has 2 aromatic rings. The van der Waals surface area contributed by atoms with E-state index in [2.05, 4.69) is 71.9 Å². The van der Waals surface area contributed by atoms with E-state index in [1.807, 2.05) is 12.1 Å². The molecule has 1 N–H and O–H groups in total. The lowest BCUT2D eigenvalue weighted by Gasteiger charge is -2.50. The quantitative estimate of drug-likeness (QED) is 0.491. The van der Waals surface area contributed by atoms with E-state index in [1.165, 1.54) is 11.1 Å². The third kappa shape index (κ3) is 4.68. The molecule has 0 saturated carbocycles. The van der Waals surface area contributed by atoms with Crippen molar-refractivity contribution in [2.75, 3.05) is 6.61 Å². The molecule has 0 spiro atoms. The zero-order valence-corrected chi connectivity index (χ0v) is 21.2. The molecule has 0 amide bonds. The lowest BCUT2D eigenvalue weighted by Crippen LogP contribution is -2.53. The Hall–Kier alpha value is -2.53. The molecule has 2 aliphatic rings. The van der Waals surface area contributed by atoms with Crippen molar-refractivity contribution >= 4 is 5.97 Å². The molecular formula is C29H38O5. The third-order valence-electron chi connectivity index (χ3n) is 7.71. The van der Waals surface area contributed by atoms with Crippen LogP contribution in [0.1, 0.15) is 89.0 Å². The summed E-state index contributed by atoms with van der Waals surface area (Å²) in [7, 11) is 0. The first-order chi connectivity index (χ1) is 16.1. The predicted octanol–water partition coefficient (Wildman–Crippen LogP) is 6.72. The summed E-state index contributed by atoms with van der Waals surface area (Å²) in [6.45, 7) is 13.0. The summed E-state index contributed by atoms with van der Waals surface area (Å²) in [5, 5.41) is 10.0. The summed E-state index contributed by atoms with van der Waals surface area (Å²) in [6, 6.07) is 14.3. The van der Waals surface area contributed by atoms with Crippen LogP contribution in [-0.4, -0.2) is 29.4 Å². The first kappa shape index (κ1) is 24.6. The standard InChI is InChI=1S/C29H38O5/c1-7-18(4)21-9-8-10-22-26(21)34-29(5,6)24-15-23(28(30)31)25(33-27(22)24)16-32-20-13-11-19(12-14-20)17(2)3/h8-14,17-18,23-25,27H,7,15-16H2,1-6H3,(H,30,31)/t18-,23+,24-,25-,27+/m0/s1. The molecule has 0 radical (unpaired) electrons. The number of hydrogen-bond donors (Lipinski definition) is 1. The normalized spacial score (nSPS) is 26.2. The molecular weight excluding hydrogens is 428 g/mol. The van der Waals surface area contributed by atoms with E-state index in [0.29, 0.717) is 18.3 Å². The van der Waals surface area contributed by atoms with Gasteiger partial charge in [0.1, 0.15) is 29.8 Å². The molecule has 0 bridgehead atoms. The van der Waals surface area contributed by atoms with E-state index in [0.717, 1.165) is 23.5 Å². The second kappa shape index (κ2) is 9.61. The number of carboxylic acids is 1. The monoisotopic (exact) mass is 466 g/mol. The highest BCUT2D eigenvalue weighted by Crippen LogP contribution is 2.53. The molecule has 0 aromatic heterocycles. The van der Waals surface area contributed by atoms with Crippen LogP contribution in [0.3, 0.4) is 0 Å². The topological polar surface area (TPSA) is 65.0 Å². The number of ether oxygens (including phenoxy) is 3. The number of rotatable bonds is 7. The van der Waals surface area contributed by atoms with Gasteiger partial charge in [-0.1, -0.05) is 58.0 Å². The summed E-state index contributed by atoms with van der Waals surface area (Å²) in [5.74, 6) is 0.879. The summed E-state index contributed by atoms with van der Waals surface area (Å²) in [5.41, 5.74) is 2.92.